The summed E-state index contributed by atoms with van der Waals surface area (Å²) in [6, 6.07) is 9.81. The molecule has 4 heterocycles. The fourth-order valence-electron chi connectivity index (χ4n) is 1.66. The zero-order valence-electron chi connectivity index (χ0n) is 9.54. The zero-order chi connectivity index (χ0) is 12.2. The van der Waals surface area contributed by atoms with E-state index in [2.05, 4.69) is 25.1 Å². The van der Waals surface area contributed by atoms with Crippen molar-refractivity contribution in [3.05, 3.63) is 55.1 Å². The van der Waals surface area contributed by atoms with E-state index in [0.29, 0.717) is 0 Å². The first-order valence-electron chi connectivity index (χ1n) is 5.56. The Labute approximate surface area is 103 Å². The summed E-state index contributed by atoms with van der Waals surface area (Å²) in [5.41, 5.74) is 1.80. The van der Waals surface area contributed by atoms with Crippen LogP contribution in [0.2, 0.25) is 0 Å². The van der Waals surface area contributed by atoms with Gasteiger partial charge in [0.2, 0.25) is 0 Å². The number of pyridine rings is 2. The molecule has 18 heavy (non-hydrogen) atoms. The minimum atomic E-state index is 0.845. The number of nitrogens with zero attached hydrogens (tertiary/aromatic N) is 3. The largest absolute Gasteiger partial charge is 0.346 e. The number of hydrogen-bond donors (Lipinski definition) is 2. The second-order valence-corrected chi connectivity index (χ2v) is 3.73. The van der Waals surface area contributed by atoms with Gasteiger partial charge in [-0.1, -0.05) is 0 Å². The normalized spacial score (nSPS) is 10.2. The Morgan fingerprint density at radius 1 is 0.833 bits per heavy atom. The van der Waals surface area contributed by atoms with Gasteiger partial charge in [-0.25, -0.2) is 9.97 Å². The van der Waals surface area contributed by atoms with Crippen LogP contribution in [-0.2, 0) is 0 Å². The van der Waals surface area contributed by atoms with Crippen LogP contribution < -0.4 is 0 Å². The van der Waals surface area contributed by atoms with Gasteiger partial charge in [0.05, 0.1) is 6.20 Å². The number of hydrogen-bond acceptors (Lipinski definition) is 3. The molecule has 88 valence electrons. The molecule has 0 fully saturated rings. The minimum Gasteiger partial charge on any atom is -0.346 e. The number of aromatic amines is 2. The Morgan fingerprint density at radius 2 is 1.61 bits per heavy atom. The molecule has 0 aliphatic rings. The highest BCUT2D eigenvalue weighted by molar-refractivity contribution is 5.74. The summed E-state index contributed by atoms with van der Waals surface area (Å²) in [7, 11) is 0. The van der Waals surface area contributed by atoms with Crippen molar-refractivity contribution in [1.29, 1.82) is 0 Å². The van der Waals surface area contributed by atoms with Crippen LogP contribution in [0.3, 0.4) is 0 Å². The van der Waals surface area contributed by atoms with Gasteiger partial charge in [-0.15, -0.1) is 0 Å². The average molecular weight is 237 g/mol. The van der Waals surface area contributed by atoms with E-state index in [0.717, 1.165) is 22.1 Å². The molecule has 0 spiro atoms. The Morgan fingerprint density at radius 3 is 2.39 bits per heavy atom. The van der Waals surface area contributed by atoms with Crippen LogP contribution in [0.5, 0.6) is 0 Å². The Kier molecular flexibility index (Phi) is 2.71. The van der Waals surface area contributed by atoms with Crippen LogP contribution in [-0.4, -0.2) is 25.1 Å². The lowest BCUT2D eigenvalue weighted by molar-refractivity contribution is 1.10. The molecule has 0 saturated heterocycles. The molecule has 4 rings (SSSR count). The third-order valence-electron chi connectivity index (χ3n) is 2.53. The highest BCUT2D eigenvalue weighted by Gasteiger charge is 1.90. The summed E-state index contributed by atoms with van der Waals surface area (Å²) in [5.74, 6) is 0. The van der Waals surface area contributed by atoms with Gasteiger partial charge < -0.3 is 4.98 Å². The Bertz CT molecular complexity index is 629. The van der Waals surface area contributed by atoms with Crippen LogP contribution >= 0.6 is 0 Å². The molecule has 0 amide bonds. The van der Waals surface area contributed by atoms with E-state index < -0.39 is 0 Å². The first kappa shape index (κ1) is 10.5. The van der Waals surface area contributed by atoms with Crippen molar-refractivity contribution in [2.75, 3.05) is 0 Å². The summed E-state index contributed by atoms with van der Waals surface area (Å²) >= 11 is 0. The molecule has 4 aromatic rings. The molecule has 5 heteroatoms. The van der Waals surface area contributed by atoms with Crippen molar-refractivity contribution < 1.29 is 0 Å². The van der Waals surface area contributed by atoms with Gasteiger partial charge in [0.15, 0.2) is 5.65 Å². The van der Waals surface area contributed by atoms with Gasteiger partial charge in [-0.3, -0.25) is 5.10 Å². The maximum atomic E-state index is 4.09. The molecule has 4 aromatic heterocycles. The maximum Gasteiger partial charge on any atom is 0.155 e. The second kappa shape index (κ2) is 4.67. The quantitative estimate of drug-likeness (QED) is 0.493. The number of fused-ring (bicyclic) bond motifs is 2. The van der Waals surface area contributed by atoms with Crippen LogP contribution in [0.15, 0.2) is 55.1 Å². The highest BCUT2D eigenvalue weighted by Crippen LogP contribution is 2.05. The summed E-state index contributed by atoms with van der Waals surface area (Å²) < 4.78 is 0. The SMILES string of the molecule is c1cnc2[nH]ccc2c1.c1cnc2[nH]ncc2c1. The van der Waals surface area contributed by atoms with Crippen molar-refractivity contribution in [3.8, 4) is 0 Å². The fourth-order valence-corrected chi connectivity index (χ4v) is 1.66. The van der Waals surface area contributed by atoms with Gasteiger partial charge in [0.1, 0.15) is 5.65 Å². The van der Waals surface area contributed by atoms with E-state index in [9.17, 15) is 0 Å². The van der Waals surface area contributed by atoms with Gasteiger partial charge in [0.25, 0.3) is 0 Å². The summed E-state index contributed by atoms with van der Waals surface area (Å²) in [5, 5.41) is 8.79. The number of H-pyrrole nitrogens is 2. The van der Waals surface area contributed by atoms with E-state index in [1.165, 1.54) is 0 Å². The lowest BCUT2D eigenvalue weighted by Gasteiger charge is -1.82. The third-order valence-corrected chi connectivity index (χ3v) is 2.53. The summed E-state index contributed by atoms with van der Waals surface area (Å²) in [6.45, 7) is 0. The molecule has 0 aliphatic heterocycles. The lowest BCUT2D eigenvalue weighted by atomic mass is 10.3. The van der Waals surface area contributed by atoms with E-state index in [4.69, 9.17) is 0 Å². The smallest absolute Gasteiger partial charge is 0.155 e. The van der Waals surface area contributed by atoms with Gasteiger partial charge in [-0.05, 0) is 30.3 Å². The van der Waals surface area contributed by atoms with Gasteiger partial charge in [0, 0.05) is 29.4 Å². The Hall–Kier alpha value is -2.69. The van der Waals surface area contributed by atoms with Crippen LogP contribution in [0, 0.1) is 0 Å². The van der Waals surface area contributed by atoms with Gasteiger partial charge >= 0.3 is 0 Å². The predicted octanol–water partition coefficient (Wildman–Crippen LogP) is 2.52. The number of nitrogens with one attached hydrogen (secondary N) is 2. The van der Waals surface area contributed by atoms with Crippen LogP contribution in [0.25, 0.3) is 22.1 Å². The van der Waals surface area contributed by atoms with E-state index in [-0.39, 0.29) is 0 Å². The molecule has 0 radical (unpaired) electrons. The van der Waals surface area contributed by atoms with E-state index >= 15 is 0 Å². The van der Waals surface area contributed by atoms with Gasteiger partial charge in [-0.2, -0.15) is 5.10 Å². The standard InChI is InChI=1S/C7H6N2.C6H5N3/c1-2-6-3-5-9-7(6)8-4-1;1-2-5-4-8-9-6(5)7-3-1/h1-5H,(H,8,9);1-4H,(H,7,8,9). The average Bonchev–Trinajstić information content (AvgIpc) is 3.08. The molecule has 0 aromatic carbocycles. The predicted molar refractivity (Wildman–Crippen MR) is 70.0 cm³/mol. The molecule has 0 atom stereocenters. The lowest BCUT2D eigenvalue weighted by Crippen LogP contribution is -1.71. The second-order valence-electron chi connectivity index (χ2n) is 3.73. The van der Waals surface area contributed by atoms with Crippen LogP contribution in [0.4, 0.5) is 0 Å². The molecule has 0 unspecified atom stereocenters. The molecule has 0 aliphatic carbocycles. The van der Waals surface area contributed by atoms with E-state index in [1.807, 2.05) is 36.5 Å². The summed E-state index contributed by atoms with van der Waals surface area (Å²) in [6.07, 6.45) is 7.15. The summed E-state index contributed by atoms with van der Waals surface area (Å²) in [4.78, 5) is 11.1. The Balaban J connectivity index is 0.000000111. The van der Waals surface area contributed by atoms with Crippen molar-refractivity contribution in [2.45, 2.75) is 0 Å². The number of aromatic nitrogens is 5. The molecular weight excluding hydrogens is 226 g/mol. The van der Waals surface area contributed by atoms with E-state index in [1.54, 1.807) is 18.6 Å². The first-order chi connectivity index (χ1) is 8.93. The topological polar surface area (TPSA) is 70.2 Å². The maximum absolute atomic E-state index is 4.09. The molecule has 0 saturated carbocycles. The molecule has 0 bridgehead atoms. The molecular formula is C13H11N5. The minimum absolute atomic E-state index is 0.845. The van der Waals surface area contributed by atoms with Crippen molar-refractivity contribution >= 4 is 22.1 Å². The molecule has 2 N–H and O–H groups in total. The monoisotopic (exact) mass is 237 g/mol. The van der Waals surface area contributed by atoms with Crippen molar-refractivity contribution in [3.63, 3.8) is 0 Å². The van der Waals surface area contributed by atoms with Crippen molar-refractivity contribution in [2.24, 2.45) is 0 Å². The third kappa shape index (κ3) is 2.06. The first-order valence-corrected chi connectivity index (χ1v) is 5.56. The highest BCUT2D eigenvalue weighted by atomic mass is 15.1. The van der Waals surface area contributed by atoms with Crippen LogP contribution in [0.1, 0.15) is 0 Å². The zero-order valence-corrected chi connectivity index (χ0v) is 9.54. The fraction of sp³-hybridized carbons (Fsp3) is 0. The number of rotatable bonds is 0. The molecule has 5 nitrogen and oxygen atoms in total. The van der Waals surface area contributed by atoms with Crippen molar-refractivity contribution in [1.82, 2.24) is 25.1 Å².